The average molecular weight is 325 g/mol. The van der Waals surface area contributed by atoms with E-state index >= 15 is 0 Å². The second kappa shape index (κ2) is 8.00. The molecule has 0 aliphatic heterocycles. The first-order valence-electron chi connectivity index (χ1n) is 8.40. The molecule has 24 heavy (non-hydrogen) atoms. The first kappa shape index (κ1) is 18.1. The predicted octanol–water partition coefficient (Wildman–Crippen LogP) is 4.46. The molecule has 0 saturated heterocycles. The molecule has 0 fully saturated rings. The van der Waals surface area contributed by atoms with E-state index in [4.69, 9.17) is 4.74 Å². The van der Waals surface area contributed by atoms with E-state index in [-0.39, 0.29) is 12.5 Å². The minimum Gasteiger partial charge on any atom is -0.483 e. The van der Waals surface area contributed by atoms with Gasteiger partial charge in [0.1, 0.15) is 5.75 Å². The maximum atomic E-state index is 12.4. The zero-order valence-corrected chi connectivity index (χ0v) is 15.3. The zero-order chi connectivity index (χ0) is 17.7. The Morgan fingerprint density at radius 1 is 1.12 bits per heavy atom. The van der Waals surface area contributed by atoms with E-state index in [1.807, 2.05) is 32.2 Å². The molecule has 128 valence electrons. The Balaban J connectivity index is 2.00. The third-order valence-corrected chi connectivity index (χ3v) is 4.24. The molecule has 0 N–H and O–H groups in total. The van der Waals surface area contributed by atoms with Gasteiger partial charge in [0.05, 0.1) is 0 Å². The van der Waals surface area contributed by atoms with Crippen LogP contribution >= 0.6 is 0 Å². The van der Waals surface area contributed by atoms with Crippen molar-refractivity contribution in [3.8, 4) is 5.75 Å². The number of amides is 1. The molecular weight excluding hydrogens is 298 g/mol. The normalized spacial score (nSPS) is 10.8. The van der Waals surface area contributed by atoms with E-state index in [1.165, 1.54) is 5.56 Å². The van der Waals surface area contributed by atoms with Crippen LogP contribution in [0.2, 0.25) is 0 Å². The second-order valence-electron chi connectivity index (χ2n) is 6.66. The average Bonchev–Trinajstić information content (AvgIpc) is 2.54. The molecule has 0 aliphatic rings. The number of nitrogens with zero attached hydrogens (tertiary/aromatic N) is 1. The smallest absolute Gasteiger partial charge is 0.260 e. The summed E-state index contributed by atoms with van der Waals surface area (Å²) in [5, 5.41) is 0. The molecule has 2 aromatic rings. The van der Waals surface area contributed by atoms with Crippen LogP contribution < -0.4 is 4.74 Å². The Labute approximate surface area is 145 Å². The summed E-state index contributed by atoms with van der Waals surface area (Å²) in [4.78, 5) is 14.1. The van der Waals surface area contributed by atoms with Crippen molar-refractivity contribution in [3.63, 3.8) is 0 Å². The fourth-order valence-electron chi connectivity index (χ4n) is 2.62. The molecule has 0 heterocycles. The molecule has 1 amide bonds. The zero-order valence-electron chi connectivity index (χ0n) is 15.3. The SMILES string of the molecule is Cc1ccc(C(C)C)c(OCC(=O)N(C)Cc2ccccc2C)c1. The van der Waals surface area contributed by atoms with Gasteiger partial charge >= 0.3 is 0 Å². The summed E-state index contributed by atoms with van der Waals surface area (Å²) in [6.07, 6.45) is 0. The van der Waals surface area contributed by atoms with Crippen molar-refractivity contribution in [2.75, 3.05) is 13.7 Å². The Morgan fingerprint density at radius 3 is 2.50 bits per heavy atom. The fraction of sp³-hybridized carbons (Fsp3) is 0.381. The molecule has 0 bridgehead atoms. The molecule has 0 saturated carbocycles. The molecule has 0 spiro atoms. The Bertz CT molecular complexity index is 707. The van der Waals surface area contributed by atoms with Crippen molar-refractivity contribution in [1.29, 1.82) is 0 Å². The number of benzene rings is 2. The number of carbonyl (C=O) groups is 1. The molecule has 0 unspecified atom stereocenters. The van der Waals surface area contributed by atoms with Gasteiger partial charge in [-0.15, -0.1) is 0 Å². The molecular formula is C21H27NO2. The summed E-state index contributed by atoms with van der Waals surface area (Å²) in [5.41, 5.74) is 4.62. The summed E-state index contributed by atoms with van der Waals surface area (Å²) in [5.74, 6) is 1.15. The van der Waals surface area contributed by atoms with Gasteiger partial charge in [-0.2, -0.15) is 0 Å². The highest BCUT2D eigenvalue weighted by molar-refractivity contribution is 5.77. The first-order chi connectivity index (χ1) is 11.4. The van der Waals surface area contributed by atoms with E-state index in [9.17, 15) is 4.79 Å². The third kappa shape index (κ3) is 4.60. The van der Waals surface area contributed by atoms with E-state index in [1.54, 1.807) is 4.90 Å². The van der Waals surface area contributed by atoms with Crippen LogP contribution in [0.5, 0.6) is 5.75 Å². The summed E-state index contributed by atoms with van der Waals surface area (Å²) in [6.45, 7) is 9.01. The quantitative estimate of drug-likeness (QED) is 0.784. The molecule has 3 nitrogen and oxygen atoms in total. The van der Waals surface area contributed by atoms with Gasteiger partial charge < -0.3 is 9.64 Å². The van der Waals surface area contributed by atoms with Gasteiger partial charge in [0.15, 0.2) is 6.61 Å². The van der Waals surface area contributed by atoms with Crippen molar-refractivity contribution in [2.45, 2.75) is 40.2 Å². The number of hydrogen-bond acceptors (Lipinski definition) is 2. The van der Waals surface area contributed by atoms with Crippen LogP contribution in [-0.2, 0) is 11.3 Å². The topological polar surface area (TPSA) is 29.5 Å². The lowest BCUT2D eigenvalue weighted by Gasteiger charge is -2.20. The highest BCUT2D eigenvalue weighted by atomic mass is 16.5. The standard InChI is InChI=1S/C21H27NO2/c1-15(2)19-11-10-16(3)12-20(19)24-14-21(23)22(5)13-18-9-7-6-8-17(18)4/h6-12,15H,13-14H2,1-5H3. The highest BCUT2D eigenvalue weighted by Crippen LogP contribution is 2.27. The number of hydrogen-bond donors (Lipinski definition) is 0. The molecule has 2 rings (SSSR count). The van der Waals surface area contributed by atoms with Crippen LogP contribution in [0.3, 0.4) is 0 Å². The van der Waals surface area contributed by atoms with Gasteiger partial charge in [0.25, 0.3) is 5.91 Å². The summed E-state index contributed by atoms with van der Waals surface area (Å²) < 4.78 is 5.84. The van der Waals surface area contributed by atoms with Crippen molar-refractivity contribution in [3.05, 3.63) is 64.7 Å². The molecule has 3 heteroatoms. The van der Waals surface area contributed by atoms with Gasteiger partial charge in [-0.25, -0.2) is 0 Å². The molecule has 0 radical (unpaired) electrons. The Kier molecular flexibility index (Phi) is 6.02. The van der Waals surface area contributed by atoms with Gasteiger partial charge in [-0.3, -0.25) is 4.79 Å². The van der Waals surface area contributed by atoms with Crippen LogP contribution in [-0.4, -0.2) is 24.5 Å². The number of aryl methyl sites for hydroxylation is 2. The lowest BCUT2D eigenvalue weighted by molar-refractivity contribution is -0.132. The number of ether oxygens (including phenoxy) is 1. The minimum atomic E-state index is -0.0190. The van der Waals surface area contributed by atoms with Crippen LogP contribution in [0.4, 0.5) is 0 Å². The largest absolute Gasteiger partial charge is 0.483 e. The maximum absolute atomic E-state index is 12.4. The third-order valence-electron chi connectivity index (χ3n) is 4.24. The van der Waals surface area contributed by atoms with E-state index in [2.05, 4.69) is 45.0 Å². The predicted molar refractivity (Wildman–Crippen MR) is 98.4 cm³/mol. The van der Waals surface area contributed by atoms with Crippen molar-refractivity contribution >= 4 is 5.91 Å². The number of carbonyl (C=O) groups excluding carboxylic acids is 1. The Hall–Kier alpha value is -2.29. The lowest BCUT2D eigenvalue weighted by atomic mass is 10.0. The van der Waals surface area contributed by atoms with Crippen LogP contribution in [0.25, 0.3) is 0 Å². The van der Waals surface area contributed by atoms with Gasteiger partial charge in [-0.05, 0) is 48.1 Å². The lowest BCUT2D eigenvalue weighted by Crippen LogP contribution is -2.31. The van der Waals surface area contributed by atoms with Crippen molar-refractivity contribution in [2.24, 2.45) is 0 Å². The Morgan fingerprint density at radius 2 is 1.83 bits per heavy atom. The number of likely N-dealkylation sites (N-methyl/N-ethyl adjacent to an activating group) is 1. The van der Waals surface area contributed by atoms with Crippen molar-refractivity contribution in [1.82, 2.24) is 4.90 Å². The van der Waals surface area contributed by atoms with E-state index in [0.29, 0.717) is 12.5 Å². The summed E-state index contributed by atoms with van der Waals surface area (Å²) in [7, 11) is 1.82. The summed E-state index contributed by atoms with van der Waals surface area (Å²) >= 11 is 0. The van der Waals surface area contributed by atoms with Gasteiger partial charge in [0.2, 0.25) is 0 Å². The van der Waals surface area contributed by atoms with Crippen molar-refractivity contribution < 1.29 is 9.53 Å². The van der Waals surface area contributed by atoms with E-state index < -0.39 is 0 Å². The molecule has 0 atom stereocenters. The van der Waals surface area contributed by atoms with Gasteiger partial charge in [0, 0.05) is 13.6 Å². The minimum absolute atomic E-state index is 0.0190. The first-order valence-corrected chi connectivity index (χ1v) is 8.40. The van der Waals surface area contributed by atoms with Crippen LogP contribution in [0.15, 0.2) is 42.5 Å². The maximum Gasteiger partial charge on any atom is 0.260 e. The summed E-state index contributed by atoms with van der Waals surface area (Å²) in [6, 6.07) is 14.3. The fourth-order valence-corrected chi connectivity index (χ4v) is 2.62. The van der Waals surface area contributed by atoms with Crippen LogP contribution in [0.1, 0.15) is 42.0 Å². The highest BCUT2D eigenvalue weighted by Gasteiger charge is 2.14. The monoisotopic (exact) mass is 325 g/mol. The number of rotatable bonds is 6. The molecule has 0 aliphatic carbocycles. The van der Waals surface area contributed by atoms with Crippen LogP contribution in [0, 0.1) is 13.8 Å². The second-order valence-corrected chi connectivity index (χ2v) is 6.66. The van der Waals surface area contributed by atoms with Gasteiger partial charge in [-0.1, -0.05) is 50.2 Å². The van der Waals surface area contributed by atoms with E-state index in [0.717, 1.165) is 22.4 Å². The molecule has 2 aromatic carbocycles. The molecule has 0 aromatic heterocycles.